The van der Waals surface area contributed by atoms with Crippen molar-refractivity contribution in [3.8, 4) is 11.5 Å². The summed E-state index contributed by atoms with van der Waals surface area (Å²) in [6.45, 7) is 4.50. The molecule has 3 N–H and O–H groups in total. The molecular formula is C22H27N3O4S. The fourth-order valence-electron chi connectivity index (χ4n) is 4.78. The molecule has 1 amide bonds. The zero-order valence-corrected chi connectivity index (χ0v) is 18.0. The summed E-state index contributed by atoms with van der Waals surface area (Å²) < 4.78 is 11.0. The number of benzene rings is 1. The van der Waals surface area contributed by atoms with Gasteiger partial charge in [0.2, 0.25) is 12.7 Å². The van der Waals surface area contributed by atoms with Crippen LogP contribution in [0.3, 0.4) is 0 Å². The molecule has 3 aliphatic heterocycles. The van der Waals surface area contributed by atoms with E-state index in [-0.39, 0.29) is 36.1 Å². The van der Waals surface area contributed by atoms with Gasteiger partial charge in [0.15, 0.2) is 17.3 Å². The number of nitrogens with one attached hydrogen (secondary N) is 3. The first kappa shape index (κ1) is 19.8. The fraction of sp³-hybridized carbons (Fsp3) is 0.545. The van der Waals surface area contributed by atoms with Crippen molar-refractivity contribution in [1.29, 1.82) is 0 Å². The van der Waals surface area contributed by atoms with E-state index >= 15 is 0 Å². The number of amides is 1. The lowest BCUT2D eigenvalue weighted by Crippen LogP contribution is -2.68. The molecule has 160 valence electrons. The second-order valence-electron chi connectivity index (χ2n) is 8.32. The van der Waals surface area contributed by atoms with Gasteiger partial charge in [-0.2, -0.15) is 0 Å². The van der Waals surface area contributed by atoms with Crippen LogP contribution in [0.15, 0.2) is 29.5 Å². The normalized spacial score (nSPS) is 30.9. The average Bonchev–Trinajstić information content (AvgIpc) is 3.20. The molecule has 1 saturated heterocycles. The standard InChI is InChI=1S/C22H27N3O4S/c1-3-11(2)30-22-24-20-19(21(27)25-22)17(18-13(23-20)5-4-6-14(18)26)12-7-8-15-16(9-12)29-10-28-15/h7-9,11,17,19-20,22-24H,3-6,10H2,1-2H3,(H,25,27). The number of hydrogen-bond acceptors (Lipinski definition) is 7. The fourth-order valence-corrected chi connectivity index (χ4v) is 5.85. The van der Waals surface area contributed by atoms with E-state index in [4.69, 9.17) is 9.47 Å². The highest BCUT2D eigenvalue weighted by atomic mass is 32.2. The predicted molar refractivity (Wildman–Crippen MR) is 114 cm³/mol. The van der Waals surface area contributed by atoms with Gasteiger partial charge in [-0.1, -0.05) is 19.9 Å². The Balaban J connectivity index is 1.53. The minimum atomic E-state index is -0.417. The topological polar surface area (TPSA) is 88.7 Å². The number of thioether (sulfide) groups is 1. The van der Waals surface area contributed by atoms with Crippen molar-refractivity contribution < 1.29 is 19.1 Å². The monoisotopic (exact) mass is 429 g/mol. The van der Waals surface area contributed by atoms with Gasteiger partial charge in [0.25, 0.3) is 0 Å². The minimum absolute atomic E-state index is 0.0281. The number of Topliss-reactive ketones (excluding diaryl/α,β-unsaturated/α-hetero) is 1. The first-order chi connectivity index (χ1) is 14.5. The molecule has 5 unspecified atom stereocenters. The number of carbonyl (C=O) groups excluding carboxylic acids is 2. The van der Waals surface area contributed by atoms with E-state index in [0.717, 1.165) is 36.1 Å². The van der Waals surface area contributed by atoms with Crippen LogP contribution in [0.4, 0.5) is 0 Å². The van der Waals surface area contributed by atoms with Gasteiger partial charge in [-0.05, 0) is 37.0 Å². The van der Waals surface area contributed by atoms with E-state index in [0.29, 0.717) is 23.2 Å². The first-order valence-corrected chi connectivity index (χ1v) is 11.6. The van der Waals surface area contributed by atoms with E-state index in [1.165, 1.54) is 0 Å². The van der Waals surface area contributed by atoms with Crippen LogP contribution >= 0.6 is 11.8 Å². The third-order valence-corrected chi connectivity index (χ3v) is 7.75. The van der Waals surface area contributed by atoms with Gasteiger partial charge >= 0.3 is 0 Å². The number of ether oxygens (including phenoxy) is 2. The number of carbonyl (C=O) groups is 2. The Labute approximate surface area is 180 Å². The van der Waals surface area contributed by atoms with Gasteiger partial charge in [0, 0.05) is 28.9 Å². The summed E-state index contributed by atoms with van der Waals surface area (Å²) >= 11 is 1.72. The summed E-state index contributed by atoms with van der Waals surface area (Å²) in [5.41, 5.74) is 2.50. The van der Waals surface area contributed by atoms with Gasteiger partial charge in [-0.25, -0.2) is 0 Å². The lowest BCUT2D eigenvalue weighted by atomic mass is 9.70. The molecule has 7 nitrogen and oxygen atoms in total. The van der Waals surface area contributed by atoms with E-state index in [1.807, 2.05) is 18.2 Å². The summed E-state index contributed by atoms with van der Waals surface area (Å²) in [4.78, 5) is 26.3. The van der Waals surface area contributed by atoms with E-state index in [1.54, 1.807) is 11.8 Å². The highest BCUT2D eigenvalue weighted by molar-refractivity contribution is 8.00. The molecule has 3 heterocycles. The molecule has 0 radical (unpaired) electrons. The number of fused-ring (bicyclic) bond motifs is 2. The zero-order chi connectivity index (χ0) is 20.8. The van der Waals surface area contributed by atoms with E-state index in [9.17, 15) is 9.59 Å². The van der Waals surface area contributed by atoms with Gasteiger partial charge in [0.1, 0.15) is 5.50 Å². The zero-order valence-electron chi connectivity index (χ0n) is 17.2. The van der Waals surface area contributed by atoms with Crippen LogP contribution in [-0.2, 0) is 9.59 Å². The van der Waals surface area contributed by atoms with Gasteiger partial charge in [-0.3, -0.25) is 14.9 Å². The first-order valence-electron chi connectivity index (χ1n) is 10.7. The lowest BCUT2D eigenvalue weighted by molar-refractivity contribution is -0.130. The molecular weight excluding hydrogens is 402 g/mol. The summed E-state index contributed by atoms with van der Waals surface area (Å²) in [7, 11) is 0. The quantitative estimate of drug-likeness (QED) is 0.678. The van der Waals surface area contributed by atoms with E-state index < -0.39 is 5.92 Å². The summed E-state index contributed by atoms with van der Waals surface area (Å²) in [5, 5.41) is 10.6. The summed E-state index contributed by atoms with van der Waals surface area (Å²) in [6, 6.07) is 5.76. The molecule has 0 bridgehead atoms. The number of hydrogen-bond donors (Lipinski definition) is 3. The predicted octanol–water partition coefficient (Wildman–Crippen LogP) is 2.59. The van der Waals surface area contributed by atoms with Crippen molar-refractivity contribution in [3.63, 3.8) is 0 Å². The van der Waals surface area contributed by atoms with Crippen LogP contribution in [0.2, 0.25) is 0 Å². The lowest BCUT2D eigenvalue weighted by Gasteiger charge is -2.47. The number of ketones is 1. The molecule has 8 heteroatoms. The Morgan fingerprint density at radius 1 is 1.17 bits per heavy atom. The molecule has 1 aliphatic carbocycles. The minimum Gasteiger partial charge on any atom is -0.454 e. The SMILES string of the molecule is CCC(C)SC1NC(=O)C2C(NC3=C(C(=O)CCC3)C2c2ccc3c(c2)OCO3)N1. The maximum Gasteiger partial charge on any atom is 0.231 e. The highest BCUT2D eigenvalue weighted by Crippen LogP contribution is 2.46. The molecule has 0 saturated carbocycles. The van der Waals surface area contributed by atoms with Crippen LogP contribution in [0.1, 0.15) is 51.0 Å². The van der Waals surface area contributed by atoms with Crippen LogP contribution in [0, 0.1) is 5.92 Å². The summed E-state index contributed by atoms with van der Waals surface area (Å²) in [6.07, 6.45) is 3.01. The molecule has 1 fully saturated rings. The third-order valence-electron chi connectivity index (χ3n) is 6.42. The van der Waals surface area contributed by atoms with Crippen LogP contribution in [-0.4, -0.2) is 35.4 Å². The molecule has 1 aromatic carbocycles. The Hall–Kier alpha value is -2.19. The molecule has 4 aliphatic rings. The van der Waals surface area contributed by atoms with Crippen molar-refractivity contribution in [2.24, 2.45) is 5.92 Å². The van der Waals surface area contributed by atoms with Gasteiger partial charge in [0.05, 0.1) is 12.1 Å². The third kappa shape index (κ3) is 3.36. The molecule has 1 aromatic rings. The van der Waals surface area contributed by atoms with Gasteiger partial charge < -0.3 is 20.1 Å². The maximum atomic E-state index is 13.3. The Bertz CT molecular complexity index is 918. The van der Waals surface area contributed by atoms with Crippen molar-refractivity contribution in [1.82, 2.24) is 16.0 Å². The van der Waals surface area contributed by atoms with Crippen molar-refractivity contribution >= 4 is 23.5 Å². The Morgan fingerprint density at radius 3 is 2.83 bits per heavy atom. The molecule has 30 heavy (non-hydrogen) atoms. The Kier molecular flexibility index (Phi) is 5.14. The molecule has 0 spiro atoms. The smallest absolute Gasteiger partial charge is 0.231 e. The second-order valence-corrected chi connectivity index (χ2v) is 9.87. The molecule has 0 aromatic heterocycles. The van der Waals surface area contributed by atoms with Crippen molar-refractivity contribution in [2.45, 2.75) is 62.4 Å². The number of allylic oxidation sites excluding steroid dienone is 2. The number of rotatable bonds is 4. The molecule has 5 atom stereocenters. The summed E-state index contributed by atoms with van der Waals surface area (Å²) in [5.74, 6) is 0.746. The van der Waals surface area contributed by atoms with E-state index in [2.05, 4.69) is 29.8 Å². The maximum absolute atomic E-state index is 13.3. The van der Waals surface area contributed by atoms with Crippen molar-refractivity contribution in [3.05, 3.63) is 35.0 Å². The van der Waals surface area contributed by atoms with Crippen LogP contribution in [0.5, 0.6) is 11.5 Å². The molecule has 5 rings (SSSR count). The average molecular weight is 430 g/mol. The largest absolute Gasteiger partial charge is 0.454 e. The Morgan fingerprint density at radius 2 is 2.00 bits per heavy atom. The highest BCUT2D eigenvalue weighted by Gasteiger charge is 2.49. The van der Waals surface area contributed by atoms with Crippen molar-refractivity contribution in [2.75, 3.05) is 6.79 Å². The second kappa shape index (κ2) is 7.81. The van der Waals surface area contributed by atoms with Crippen LogP contribution < -0.4 is 25.4 Å². The van der Waals surface area contributed by atoms with Crippen LogP contribution in [0.25, 0.3) is 0 Å². The van der Waals surface area contributed by atoms with Gasteiger partial charge in [-0.15, -0.1) is 11.8 Å².